The molecule has 19 heavy (non-hydrogen) atoms. The molecule has 1 aromatic heterocycles. The average molecular weight is 326 g/mol. The lowest BCUT2D eigenvalue weighted by molar-refractivity contribution is 0.210. The quantitative estimate of drug-likeness (QED) is 0.791. The van der Waals surface area contributed by atoms with E-state index in [0.717, 1.165) is 10.0 Å². The van der Waals surface area contributed by atoms with Crippen molar-refractivity contribution in [3.63, 3.8) is 0 Å². The molecule has 0 radical (unpaired) electrons. The van der Waals surface area contributed by atoms with Gasteiger partial charge in [-0.2, -0.15) is 4.98 Å². The van der Waals surface area contributed by atoms with Gasteiger partial charge < -0.3 is 15.8 Å². The van der Waals surface area contributed by atoms with Gasteiger partial charge in [-0.25, -0.2) is 4.68 Å². The monoisotopic (exact) mass is 325 g/mol. The van der Waals surface area contributed by atoms with Crippen molar-refractivity contribution in [2.45, 2.75) is 6.54 Å². The standard InChI is InChI=1S/C12H16BrN5O/c1-19-7-6-15-12-16-11(14)18(17-12)8-9-4-2-3-5-10(9)13/h2-5H,6-8H2,1H3,(H3,14,15,16,17). The molecule has 102 valence electrons. The molecule has 3 N–H and O–H groups in total. The smallest absolute Gasteiger partial charge is 0.244 e. The molecule has 2 rings (SSSR count). The number of benzene rings is 1. The fraction of sp³-hybridized carbons (Fsp3) is 0.333. The van der Waals surface area contributed by atoms with Crippen LogP contribution in [0.3, 0.4) is 0 Å². The Balaban J connectivity index is 2.06. The molecule has 1 heterocycles. The van der Waals surface area contributed by atoms with E-state index in [0.29, 0.717) is 31.6 Å². The highest BCUT2D eigenvalue weighted by molar-refractivity contribution is 9.10. The van der Waals surface area contributed by atoms with E-state index < -0.39 is 0 Å². The Kier molecular flexibility index (Phi) is 4.75. The summed E-state index contributed by atoms with van der Waals surface area (Å²) in [7, 11) is 1.65. The lowest BCUT2D eigenvalue weighted by Crippen LogP contribution is -2.09. The summed E-state index contributed by atoms with van der Waals surface area (Å²) in [5, 5.41) is 7.36. The number of hydrogen-bond acceptors (Lipinski definition) is 5. The molecule has 0 fully saturated rings. The third-order valence-corrected chi connectivity index (χ3v) is 3.34. The highest BCUT2D eigenvalue weighted by Crippen LogP contribution is 2.18. The Morgan fingerprint density at radius 1 is 1.42 bits per heavy atom. The summed E-state index contributed by atoms with van der Waals surface area (Å²) in [6.07, 6.45) is 0. The maximum absolute atomic E-state index is 5.85. The van der Waals surface area contributed by atoms with Crippen LogP contribution in [0.4, 0.5) is 11.9 Å². The third kappa shape index (κ3) is 3.68. The van der Waals surface area contributed by atoms with Crippen molar-refractivity contribution < 1.29 is 4.74 Å². The van der Waals surface area contributed by atoms with Gasteiger partial charge in [-0.1, -0.05) is 34.1 Å². The first-order valence-corrected chi connectivity index (χ1v) is 6.66. The van der Waals surface area contributed by atoms with Gasteiger partial charge in [0.15, 0.2) is 0 Å². The number of ether oxygens (including phenoxy) is 1. The van der Waals surface area contributed by atoms with Crippen LogP contribution >= 0.6 is 15.9 Å². The van der Waals surface area contributed by atoms with E-state index in [1.807, 2.05) is 24.3 Å². The summed E-state index contributed by atoms with van der Waals surface area (Å²) >= 11 is 3.50. The summed E-state index contributed by atoms with van der Waals surface area (Å²) in [6, 6.07) is 7.95. The lowest BCUT2D eigenvalue weighted by atomic mass is 10.2. The van der Waals surface area contributed by atoms with E-state index in [1.165, 1.54) is 0 Å². The molecule has 2 aromatic rings. The van der Waals surface area contributed by atoms with Crippen molar-refractivity contribution >= 4 is 27.8 Å². The van der Waals surface area contributed by atoms with E-state index in [2.05, 4.69) is 31.3 Å². The van der Waals surface area contributed by atoms with Gasteiger partial charge in [0.1, 0.15) is 0 Å². The SMILES string of the molecule is COCCNc1nc(N)n(Cc2ccccc2Br)n1. The number of anilines is 2. The Morgan fingerprint density at radius 3 is 2.95 bits per heavy atom. The predicted octanol–water partition coefficient (Wildman–Crippen LogP) is 1.73. The third-order valence-electron chi connectivity index (χ3n) is 2.57. The van der Waals surface area contributed by atoms with E-state index >= 15 is 0 Å². The molecule has 0 atom stereocenters. The van der Waals surface area contributed by atoms with Crippen molar-refractivity contribution in [3.05, 3.63) is 34.3 Å². The minimum absolute atomic E-state index is 0.385. The van der Waals surface area contributed by atoms with Crippen molar-refractivity contribution in [3.8, 4) is 0 Å². The van der Waals surface area contributed by atoms with Crippen LogP contribution in [0.1, 0.15) is 5.56 Å². The first kappa shape index (κ1) is 13.8. The summed E-state index contributed by atoms with van der Waals surface area (Å²) in [6.45, 7) is 1.82. The Hall–Kier alpha value is -1.60. The predicted molar refractivity (Wildman–Crippen MR) is 78.0 cm³/mol. The van der Waals surface area contributed by atoms with Gasteiger partial charge in [-0.15, -0.1) is 5.10 Å². The van der Waals surface area contributed by atoms with Crippen LogP contribution in [0, 0.1) is 0 Å². The van der Waals surface area contributed by atoms with Gasteiger partial charge in [0, 0.05) is 18.1 Å². The fourth-order valence-electron chi connectivity index (χ4n) is 1.60. The van der Waals surface area contributed by atoms with Crippen molar-refractivity contribution in [2.24, 2.45) is 0 Å². The molecule has 0 bridgehead atoms. The molecular formula is C12H16BrN5O. The number of nitrogens with zero attached hydrogens (tertiary/aromatic N) is 3. The van der Waals surface area contributed by atoms with Crippen molar-refractivity contribution in [2.75, 3.05) is 31.3 Å². The summed E-state index contributed by atoms with van der Waals surface area (Å²) in [4.78, 5) is 4.16. The second-order valence-electron chi connectivity index (χ2n) is 3.96. The van der Waals surface area contributed by atoms with Gasteiger partial charge in [0.25, 0.3) is 0 Å². The molecule has 1 aromatic carbocycles. The number of methoxy groups -OCH3 is 1. The van der Waals surface area contributed by atoms with Crippen molar-refractivity contribution in [1.29, 1.82) is 0 Å². The zero-order chi connectivity index (χ0) is 13.7. The second kappa shape index (κ2) is 6.53. The Morgan fingerprint density at radius 2 is 2.21 bits per heavy atom. The highest BCUT2D eigenvalue weighted by atomic mass is 79.9. The number of aromatic nitrogens is 3. The summed E-state index contributed by atoms with van der Waals surface area (Å²) in [5.41, 5.74) is 6.95. The van der Waals surface area contributed by atoms with E-state index in [1.54, 1.807) is 11.8 Å². The van der Waals surface area contributed by atoms with Gasteiger partial charge in [0.05, 0.1) is 13.2 Å². The van der Waals surface area contributed by atoms with E-state index in [9.17, 15) is 0 Å². The zero-order valence-corrected chi connectivity index (χ0v) is 12.2. The van der Waals surface area contributed by atoms with Crippen LogP contribution in [0.2, 0.25) is 0 Å². The molecule has 0 spiro atoms. The van der Waals surface area contributed by atoms with Crippen LogP contribution in [-0.2, 0) is 11.3 Å². The molecule has 7 heteroatoms. The number of rotatable bonds is 6. The number of nitrogens with one attached hydrogen (secondary N) is 1. The minimum Gasteiger partial charge on any atom is -0.383 e. The van der Waals surface area contributed by atoms with Gasteiger partial charge in [-0.05, 0) is 11.6 Å². The normalized spacial score (nSPS) is 10.6. The molecule has 0 saturated carbocycles. The lowest BCUT2D eigenvalue weighted by Gasteiger charge is -2.05. The molecule has 6 nitrogen and oxygen atoms in total. The molecule has 0 unspecified atom stereocenters. The maximum Gasteiger partial charge on any atom is 0.244 e. The average Bonchev–Trinajstić information content (AvgIpc) is 2.73. The number of nitrogens with two attached hydrogens (primary N) is 1. The Labute approximate surface area is 120 Å². The number of hydrogen-bond donors (Lipinski definition) is 2. The first-order chi connectivity index (χ1) is 9.20. The van der Waals surface area contributed by atoms with Gasteiger partial charge in [0.2, 0.25) is 11.9 Å². The Bertz CT molecular complexity index is 543. The van der Waals surface area contributed by atoms with E-state index in [4.69, 9.17) is 10.5 Å². The number of nitrogen functional groups attached to an aromatic ring is 1. The van der Waals surface area contributed by atoms with Crippen LogP contribution in [0.25, 0.3) is 0 Å². The molecule has 0 aliphatic heterocycles. The van der Waals surface area contributed by atoms with Crippen LogP contribution in [-0.4, -0.2) is 35.0 Å². The maximum atomic E-state index is 5.85. The van der Waals surface area contributed by atoms with Crippen LogP contribution < -0.4 is 11.1 Å². The topological polar surface area (TPSA) is 78.0 Å². The number of halogens is 1. The minimum atomic E-state index is 0.385. The molecule has 0 saturated heterocycles. The van der Waals surface area contributed by atoms with E-state index in [-0.39, 0.29) is 0 Å². The summed E-state index contributed by atoms with van der Waals surface area (Å²) < 4.78 is 7.64. The first-order valence-electron chi connectivity index (χ1n) is 5.87. The van der Waals surface area contributed by atoms with Gasteiger partial charge in [-0.3, -0.25) is 0 Å². The molecule has 0 amide bonds. The zero-order valence-electron chi connectivity index (χ0n) is 10.6. The van der Waals surface area contributed by atoms with Crippen molar-refractivity contribution in [1.82, 2.24) is 14.8 Å². The largest absolute Gasteiger partial charge is 0.383 e. The molecular weight excluding hydrogens is 310 g/mol. The molecule has 0 aliphatic carbocycles. The highest BCUT2D eigenvalue weighted by Gasteiger charge is 2.08. The van der Waals surface area contributed by atoms with Crippen LogP contribution in [0.5, 0.6) is 0 Å². The molecule has 0 aliphatic rings. The van der Waals surface area contributed by atoms with Crippen LogP contribution in [0.15, 0.2) is 28.7 Å². The second-order valence-corrected chi connectivity index (χ2v) is 4.82. The van der Waals surface area contributed by atoms with Gasteiger partial charge >= 0.3 is 0 Å². The fourth-order valence-corrected chi connectivity index (χ4v) is 2.01. The summed E-state index contributed by atoms with van der Waals surface area (Å²) in [5.74, 6) is 0.900.